The molecule has 0 aromatic heterocycles. The first-order valence-corrected chi connectivity index (χ1v) is 7.14. The van der Waals surface area contributed by atoms with E-state index in [4.69, 9.17) is 17.0 Å². The third-order valence-electron chi connectivity index (χ3n) is 3.86. The second-order valence-corrected chi connectivity index (χ2v) is 6.49. The third-order valence-corrected chi connectivity index (χ3v) is 4.71. The van der Waals surface area contributed by atoms with Crippen LogP contribution in [-0.2, 0) is 0 Å². The van der Waals surface area contributed by atoms with Crippen molar-refractivity contribution < 1.29 is 4.74 Å². The van der Waals surface area contributed by atoms with Crippen LogP contribution in [-0.4, -0.2) is 22.8 Å². The fourth-order valence-electron chi connectivity index (χ4n) is 2.70. The van der Waals surface area contributed by atoms with Gasteiger partial charge in [-0.15, -0.1) is 0 Å². The molecule has 0 saturated carbocycles. The SMILES string of the molecule is Cc1cc(Br)cc2c1OC1(C)CC2NC(=S)N1C. The highest BCUT2D eigenvalue weighted by Gasteiger charge is 2.46. The van der Waals surface area contributed by atoms with Crippen LogP contribution in [0.2, 0.25) is 0 Å². The number of nitrogens with one attached hydrogen (secondary N) is 1. The second kappa shape index (κ2) is 3.84. The number of halogens is 1. The molecule has 18 heavy (non-hydrogen) atoms. The molecule has 1 fully saturated rings. The number of ether oxygens (including phenoxy) is 1. The zero-order valence-electron chi connectivity index (χ0n) is 10.6. The number of benzene rings is 1. The van der Waals surface area contributed by atoms with Crippen molar-refractivity contribution in [2.45, 2.75) is 32.0 Å². The van der Waals surface area contributed by atoms with E-state index in [-0.39, 0.29) is 11.8 Å². The van der Waals surface area contributed by atoms with Crippen molar-refractivity contribution in [3.05, 3.63) is 27.7 Å². The summed E-state index contributed by atoms with van der Waals surface area (Å²) in [5, 5.41) is 4.14. The first kappa shape index (κ1) is 12.2. The molecule has 5 heteroatoms. The maximum atomic E-state index is 6.24. The highest BCUT2D eigenvalue weighted by atomic mass is 79.9. The van der Waals surface area contributed by atoms with Gasteiger partial charge in [-0.05, 0) is 43.8 Å². The van der Waals surface area contributed by atoms with Crippen molar-refractivity contribution in [2.24, 2.45) is 0 Å². The molecule has 0 aliphatic carbocycles. The molecule has 1 aromatic carbocycles. The summed E-state index contributed by atoms with van der Waals surface area (Å²) in [6.45, 7) is 4.17. The molecule has 3 rings (SSSR count). The fourth-order valence-corrected chi connectivity index (χ4v) is 3.62. The molecule has 3 nitrogen and oxygen atoms in total. The van der Waals surface area contributed by atoms with E-state index in [1.54, 1.807) is 0 Å². The Morgan fingerprint density at radius 1 is 1.56 bits per heavy atom. The van der Waals surface area contributed by atoms with E-state index >= 15 is 0 Å². The molecule has 96 valence electrons. The molecule has 2 aliphatic rings. The standard InChI is InChI=1S/C13H15BrN2OS/c1-7-4-8(14)5-9-10-6-13(2,17-11(7)9)16(3)12(18)15-10/h4-5,10H,6H2,1-3H3,(H,15,18). The Kier molecular flexibility index (Phi) is 2.61. The molecule has 2 heterocycles. The molecule has 0 spiro atoms. The van der Waals surface area contributed by atoms with Gasteiger partial charge in [0.15, 0.2) is 10.8 Å². The quantitative estimate of drug-likeness (QED) is 0.740. The molecule has 1 saturated heterocycles. The lowest BCUT2D eigenvalue weighted by molar-refractivity contribution is -0.0567. The van der Waals surface area contributed by atoms with Crippen LogP contribution in [0.15, 0.2) is 16.6 Å². The molecule has 1 aromatic rings. The summed E-state index contributed by atoms with van der Waals surface area (Å²) >= 11 is 8.92. The van der Waals surface area contributed by atoms with Gasteiger partial charge in [0.25, 0.3) is 0 Å². The summed E-state index contributed by atoms with van der Waals surface area (Å²) in [7, 11) is 1.98. The van der Waals surface area contributed by atoms with E-state index < -0.39 is 0 Å². The average molecular weight is 327 g/mol. The van der Waals surface area contributed by atoms with Gasteiger partial charge in [0.05, 0.1) is 6.04 Å². The predicted octanol–water partition coefficient (Wildman–Crippen LogP) is 3.12. The first-order chi connectivity index (χ1) is 8.40. The van der Waals surface area contributed by atoms with Gasteiger partial charge in [-0.25, -0.2) is 0 Å². The third kappa shape index (κ3) is 1.64. The van der Waals surface area contributed by atoms with Crippen molar-refractivity contribution >= 4 is 33.3 Å². The molecular formula is C13H15BrN2OS. The largest absolute Gasteiger partial charge is 0.467 e. The molecule has 2 aliphatic heterocycles. The van der Waals surface area contributed by atoms with Gasteiger partial charge >= 0.3 is 0 Å². The number of hydrogen-bond acceptors (Lipinski definition) is 2. The van der Waals surface area contributed by atoms with Crippen LogP contribution in [0.1, 0.15) is 30.5 Å². The summed E-state index contributed by atoms with van der Waals surface area (Å²) in [4.78, 5) is 2.00. The van der Waals surface area contributed by atoms with Gasteiger partial charge in [0.2, 0.25) is 0 Å². The van der Waals surface area contributed by atoms with E-state index in [1.165, 1.54) is 5.56 Å². The monoisotopic (exact) mass is 326 g/mol. The Labute approximate surface area is 121 Å². The minimum atomic E-state index is -0.349. The van der Waals surface area contributed by atoms with Crippen LogP contribution in [0.3, 0.4) is 0 Å². The lowest BCUT2D eigenvalue weighted by Gasteiger charge is -2.51. The van der Waals surface area contributed by atoms with E-state index in [0.717, 1.165) is 27.3 Å². The van der Waals surface area contributed by atoms with Crippen LogP contribution in [0.4, 0.5) is 0 Å². The summed E-state index contributed by atoms with van der Waals surface area (Å²) in [5.74, 6) is 0.985. The molecular weight excluding hydrogens is 312 g/mol. The van der Waals surface area contributed by atoms with Crippen LogP contribution in [0, 0.1) is 6.92 Å². The molecule has 2 atom stereocenters. The highest BCUT2D eigenvalue weighted by molar-refractivity contribution is 9.10. The molecule has 1 N–H and O–H groups in total. The Morgan fingerprint density at radius 2 is 2.28 bits per heavy atom. The van der Waals surface area contributed by atoms with Gasteiger partial charge in [-0.3, -0.25) is 0 Å². The average Bonchev–Trinajstić information content (AvgIpc) is 2.28. The lowest BCUT2D eigenvalue weighted by atomic mass is 9.90. The lowest BCUT2D eigenvalue weighted by Crippen LogP contribution is -2.63. The maximum Gasteiger partial charge on any atom is 0.184 e. The normalized spacial score (nSPS) is 29.4. The van der Waals surface area contributed by atoms with Crippen molar-refractivity contribution in [3.8, 4) is 5.75 Å². The predicted molar refractivity (Wildman–Crippen MR) is 78.8 cm³/mol. The van der Waals surface area contributed by atoms with E-state index in [0.29, 0.717) is 0 Å². The zero-order valence-corrected chi connectivity index (χ0v) is 13.0. The highest BCUT2D eigenvalue weighted by Crippen LogP contribution is 2.45. The summed E-state index contributed by atoms with van der Waals surface area (Å²) in [6.07, 6.45) is 0.895. The minimum Gasteiger partial charge on any atom is -0.467 e. The van der Waals surface area contributed by atoms with Gasteiger partial charge in [0, 0.05) is 23.5 Å². The fraction of sp³-hybridized carbons (Fsp3) is 0.462. The number of rotatable bonds is 0. The first-order valence-electron chi connectivity index (χ1n) is 5.94. The van der Waals surface area contributed by atoms with Crippen molar-refractivity contribution in [2.75, 3.05) is 7.05 Å². The van der Waals surface area contributed by atoms with Crippen LogP contribution in [0.25, 0.3) is 0 Å². The number of aryl methyl sites for hydroxylation is 1. The van der Waals surface area contributed by atoms with Crippen LogP contribution >= 0.6 is 28.1 Å². The van der Waals surface area contributed by atoms with Crippen LogP contribution in [0.5, 0.6) is 5.75 Å². The Morgan fingerprint density at radius 3 is 3.00 bits per heavy atom. The summed E-state index contributed by atoms with van der Waals surface area (Å²) in [6, 6.07) is 4.44. The van der Waals surface area contributed by atoms with Gasteiger partial charge in [0.1, 0.15) is 5.75 Å². The molecule has 2 unspecified atom stereocenters. The van der Waals surface area contributed by atoms with Crippen molar-refractivity contribution in [1.29, 1.82) is 0 Å². The molecule has 0 amide bonds. The molecule has 0 radical (unpaired) electrons. The summed E-state index contributed by atoms with van der Waals surface area (Å²) < 4.78 is 7.32. The Hall–Kier alpha value is -0.810. The van der Waals surface area contributed by atoms with Crippen LogP contribution < -0.4 is 10.1 Å². The Bertz CT molecular complexity index is 548. The number of fused-ring (bicyclic) bond motifs is 4. The van der Waals surface area contributed by atoms with Gasteiger partial charge in [-0.2, -0.15) is 0 Å². The zero-order chi connectivity index (χ0) is 13.1. The second-order valence-electron chi connectivity index (χ2n) is 5.18. The minimum absolute atomic E-state index is 0.235. The van der Waals surface area contributed by atoms with Crippen molar-refractivity contribution in [3.63, 3.8) is 0 Å². The number of hydrogen-bond donors (Lipinski definition) is 1. The number of thiocarbonyl (C=S) groups is 1. The van der Waals surface area contributed by atoms with Crippen molar-refractivity contribution in [1.82, 2.24) is 10.2 Å². The van der Waals surface area contributed by atoms with Gasteiger partial charge < -0.3 is 15.0 Å². The Balaban J connectivity index is 2.17. The smallest absolute Gasteiger partial charge is 0.184 e. The topological polar surface area (TPSA) is 24.5 Å². The van der Waals surface area contributed by atoms with E-state index in [2.05, 4.69) is 47.2 Å². The number of nitrogens with zero attached hydrogens (tertiary/aromatic N) is 1. The van der Waals surface area contributed by atoms with E-state index in [9.17, 15) is 0 Å². The summed E-state index contributed by atoms with van der Waals surface area (Å²) in [5.41, 5.74) is 1.99. The molecule has 2 bridgehead atoms. The van der Waals surface area contributed by atoms with E-state index in [1.807, 2.05) is 11.9 Å². The van der Waals surface area contributed by atoms with Gasteiger partial charge in [-0.1, -0.05) is 15.9 Å². The maximum absolute atomic E-state index is 6.24.